The molecule has 0 aromatic heterocycles. The number of hydrogen-bond acceptors (Lipinski definition) is 2. The summed E-state index contributed by atoms with van der Waals surface area (Å²) in [4.78, 5) is 2.64. The molecular formula is C18H35NO. The highest BCUT2D eigenvalue weighted by atomic mass is 16.3. The topological polar surface area (TPSA) is 23.5 Å². The standard InChI is InChI=1S/C18H35NO/c1-14(2)19-12-10-18(11-13-19)8-6-16(7-9-18)15(3)17(4,5)20/h14-16,20H,6-13H2,1-5H3. The number of piperidine rings is 1. The van der Waals surface area contributed by atoms with Gasteiger partial charge < -0.3 is 10.0 Å². The third-order valence-corrected chi connectivity index (χ3v) is 6.50. The van der Waals surface area contributed by atoms with E-state index in [1.807, 2.05) is 13.8 Å². The molecule has 1 aliphatic carbocycles. The molecule has 1 saturated heterocycles. The molecule has 0 aromatic rings. The van der Waals surface area contributed by atoms with E-state index in [-0.39, 0.29) is 0 Å². The monoisotopic (exact) mass is 281 g/mol. The Morgan fingerprint density at radius 2 is 1.50 bits per heavy atom. The highest BCUT2D eigenvalue weighted by Gasteiger charge is 2.41. The number of aliphatic hydroxyl groups is 1. The van der Waals surface area contributed by atoms with Crippen LogP contribution in [0.1, 0.15) is 73.1 Å². The molecule has 2 fully saturated rings. The van der Waals surface area contributed by atoms with Crippen molar-refractivity contribution >= 4 is 0 Å². The molecule has 1 aliphatic heterocycles. The van der Waals surface area contributed by atoms with Crippen molar-refractivity contribution in [3.05, 3.63) is 0 Å². The Morgan fingerprint density at radius 3 is 1.90 bits per heavy atom. The summed E-state index contributed by atoms with van der Waals surface area (Å²) < 4.78 is 0. The minimum Gasteiger partial charge on any atom is -0.390 e. The van der Waals surface area contributed by atoms with Crippen molar-refractivity contribution in [3.63, 3.8) is 0 Å². The molecule has 1 N–H and O–H groups in total. The van der Waals surface area contributed by atoms with Crippen molar-refractivity contribution in [1.29, 1.82) is 0 Å². The molecule has 1 spiro atoms. The molecule has 2 rings (SSSR count). The first-order valence-electron chi connectivity index (χ1n) is 8.70. The van der Waals surface area contributed by atoms with E-state index in [0.717, 1.165) is 5.92 Å². The van der Waals surface area contributed by atoms with Gasteiger partial charge in [-0.2, -0.15) is 0 Å². The highest BCUT2D eigenvalue weighted by molar-refractivity contribution is 4.93. The predicted molar refractivity (Wildman–Crippen MR) is 85.8 cm³/mol. The van der Waals surface area contributed by atoms with Gasteiger partial charge in [0.25, 0.3) is 0 Å². The minimum atomic E-state index is -0.518. The zero-order chi connectivity index (χ0) is 15.0. The largest absolute Gasteiger partial charge is 0.390 e. The van der Waals surface area contributed by atoms with Crippen LogP contribution in [0.25, 0.3) is 0 Å². The van der Waals surface area contributed by atoms with Gasteiger partial charge in [0, 0.05) is 6.04 Å². The average molecular weight is 281 g/mol. The minimum absolute atomic E-state index is 0.426. The quantitative estimate of drug-likeness (QED) is 0.843. The second-order valence-corrected chi connectivity index (χ2v) is 8.41. The Kier molecular flexibility index (Phi) is 4.86. The van der Waals surface area contributed by atoms with Crippen LogP contribution in [0.5, 0.6) is 0 Å². The lowest BCUT2D eigenvalue weighted by atomic mass is 9.62. The fourth-order valence-corrected chi connectivity index (χ4v) is 4.34. The van der Waals surface area contributed by atoms with E-state index in [1.165, 1.54) is 51.6 Å². The van der Waals surface area contributed by atoms with Gasteiger partial charge in [-0.25, -0.2) is 0 Å². The van der Waals surface area contributed by atoms with Gasteiger partial charge in [-0.1, -0.05) is 6.92 Å². The smallest absolute Gasteiger partial charge is 0.0619 e. The molecule has 0 amide bonds. The van der Waals surface area contributed by atoms with E-state index in [2.05, 4.69) is 25.7 Å². The summed E-state index contributed by atoms with van der Waals surface area (Å²) in [6, 6.07) is 0.707. The van der Waals surface area contributed by atoms with Gasteiger partial charge in [0.1, 0.15) is 0 Å². The van der Waals surface area contributed by atoms with Crippen LogP contribution in [-0.2, 0) is 0 Å². The number of likely N-dealkylation sites (tertiary alicyclic amines) is 1. The SMILES string of the molecule is CC(C)N1CCC2(CCC(C(C)C(C)(C)O)CC2)CC1. The number of rotatable bonds is 3. The second kappa shape index (κ2) is 5.96. The van der Waals surface area contributed by atoms with Crippen LogP contribution in [0.3, 0.4) is 0 Å². The molecule has 2 nitrogen and oxygen atoms in total. The van der Waals surface area contributed by atoms with Gasteiger partial charge in [0.15, 0.2) is 0 Å². The van der Waals surface area contributed by atoms with Crippen LogP contribution in [0.15, 0.2) is 0 Å². The molecule has 0 radical (unpaired) electrons. The Balaban J connectivity index is 1.86. The number of nitrogens with zero attached hydrogens (tertiary/aromatic N) is 1. The maximum absolute atomic E-state index is 10.2. The fourth-order valence-electron chi connectivity index (χ4n) is 4.34. The molecule has 1 unspecified atom stereocenters. The number of hydrogen-bond donors (Lipinski definition) is 1. The first-order chi connectivity index (χ1) is 9.23. The van der Waals surface area contributed by atoms with Crippen molar-refractivity contribution in [3.8, 4) is 0 Å². The zero-order valence-electron chi connectivity index (χ0n) is 14.3. The molecular weight excluding hydrogens is 246 g/mol. The molecule has 20 heavy (non-hydrogen) atoms. The lowest BCUT2D eigenvalue weighted by Gasteiger charge is -2.48. The zero-order valence-corrected chi connectivity index (χ0v) is 14.3. The fraction of sp³-hybridized carbons (Fsp3) is 1.00. The maximum atomic E-state index is 10.2. The molecule has 1 heterocycles. The van der Waals surface area contributed by atoms with E-state index in [1.54, 1.807) is 0 Å². The van der Waals surface area contributed by atoms with Crippen molar-refractivity contribution in [2.45, 2.75) is 84.8 Å². The Labute approximate surface area is 125 Å². The van der Waals surface area contributed by atoms with E-state index in [9.17, 15) is 5.11 Å². The van der Waals surface area contributed by atoms with Crippen molar-refractivity contribution in [1.82, 2.24) is 4.90 Å². The van der Waals surface area contributed by atoms with Crippen LogP contribution in [0.2, 0.25) is 0 Å². The van der Waals surface area contributed by atoms with E-state index in [4.69, 9.17) is 0 Å². The maximum Gasteiger partial charge on any atom is 0.0619 e. The van der Waals surface area contributed by atoms with Crippen LogP contribution in [-0.4, -0.2) is 34.7 Å². The van der Waals surface area contributed by atoms with Crippen LogP contribution < -0.4 is 0 Å². The van der Waals surface area contributed by atoms with Crippen molar-refractivity contribution in [2.24, 2.45) is 17.3 Å². The molecule has 0 aromatic carbocycles. The highest BCUT2D eigenvalue weighted by Crippen LogP contribution is 2.49. The average Bonchev–Trinajstić information content (AvgIpc) is 2.38. The molecule has 0 bridgehead atoms. The van der Waals surface area contributed by atoms with Crippen molar-refractivity contribution in [2.75, 3.05) is 13.1 Å². The molecule has 118 valence electrons. The third-order valence-electron chi connectivity index (χ3n) is 6.50. The van der Waals surface area contributed by atoms with Gasteiger partial charge >= 0.3 is 0 Å². The van der Waals surface area contributed by atoms with Gasteiger partial charge in [-0.3, -0.25) is 0 Å². The van der Waals surface area contributed by atoms with Crippen LogP contribution >= 0.6 is 0 Å². The first-order valence-corrected chi connectivity index (χ1v) is 8.70. The van der Waals surface area contributed by atoms with E-state index in [0.29, 0.717) is 17.4 Å². The summed E-state index contributed by atoms with van der Waals surface area (Å²) in [6.45, 7) is 13.4. The molecule has 2 aliphatic rings. The van der Waals surface area contributed by atoms with Gasteiger partial charge in [-0.15, -0.1) is 0 Å². The van der Waals surface area contributed by atoms with Crippen LogP contribution in [0.4, 0.5) is 0 Å². The van der Waals surface area contributed by atoms with Gasteiger partial charge in [0.05, 0.1) is 5.60 Å². The summed E-state index contributed by atoms with van der Waals surface area (Å²) in [7, 11) is 0. The van der Waals surface area contributed by atoms with Crippen LogP contribution in [0, 0.1) is 17.3 Å². The summed E-state index contributed by atoms with van der Waals surface area (Å²) >= 11 is 0. The first kappa shape index (κ1) is 16.3. The third kappa shape index (κ3) is 3.57. The molecule has 1 atom stereocenters. The Bertz CT molecular complexity index is 300. The predicted octanol–water partition coefficient (Wildman–Crippen LogP) is 4.07. The van der Waals surface area contributed by atoms with Crippen molar-refractivity contribution < 1.29 is 5.11 Å². The normalized spacial score (nSPS) is 27.1. The summed E-state index contributed by atoms with van der Waals surface area (Å²) in [5.74, 6) is 1.15. The second-order valence-electron chi connectivity index (χ2n) is 8.41. The van der Waals surface area contributed by atoms with E-state index < -0.39 is 5.60 Å². The summed E-state index contributed by atoms with van der Waals surface area (Å²) in [5, 5.41) is 10.2. The van der Waals surface area contributed by atoms with Gasteiger partial charge in [0.2, 0.25) is 0 Å². The lowest BCUT2D eigenvalue weighted by molar-refractivity contribution is -0.0316. The summed E-state index contributed by atoms with van der Waals surface area (Å²) in [5.41, 5.74) is 0.122. The summed E-state index contributed by atoms with van der Waals surface area (Å²) in [6.07, 6.45) is 8.23. The van der Waals surface area contributed by atoms with Gasteiger partial charge in [-0.05, 0) is 96.6 Å². The molecule has 1 saturated carbocycles. The Morgan fingerprint density at radius 1 is 1.00 bits per heavy atom. The molecule has 2 heteroatoms. The Hall–Kier alpha value is -0.0800. The lowest BCUT2D eigenvalue weighted by Crippen LogP contribution is -2.45. The van der Waals surface area contributed by atoms with E-state index >= 15 is 0 Å².